The van der Waals surface area contributed by atoms with Crippen LogP contribution in [0.15, 0.2) is 57.9 Å². The van der Waals surface area contributed by atoms with Crippen LogP contribution in [0.3, 0.4) is 0 Å². The van der Waals surface area contributed by atoms with Crippen molar-refractivity contribution < 1.29 is 26.9 Å². The summed E-state index contributed by atoms with van der Waals surface area (Å²) in [5, 5.41) is 3.90. The molecule has 0 bridgehead atoms. The number of hydrogen-bond acceptors (Lipinski definition) is 6. The molecule has 1 aliphatic heterocycles. The van der Waals surface area contributed by atoms with Crippen molar-refractivity contribution in [1.82, 2.24) is 14.4 Å². The number of rotatable bonds is 6. The van der Waals surface area contributed by atoms with Crippen molar-refractivity contribution >= 4 is 15.9 Å². The quantitative estimate of drug-likeness (QED) is 0.546. The van der Waals surface area contributed by atoms with E-state index >= 15 is 0 Å². The molecule has 1 aliphatic rings. The zero-order chi connectivity index (χ0) is 23.6. The maximum absolute atomic E-state index is 13.1. The zero-order valence-corrected chi connectivity index (χ0v) is 19.1. The highest BCUT2D eigenvalue weighted by molar-refractivity contribution is 7.89. The Balaban J connectivity index is 1.42. The molecule has 1 aromatic heterocycles. The molecular weight excluding hydrogens is 449 g/mol. The van der Waals surface area contributed by atoms with Gasteiger partial charge in [-0.05, 0) is 50.2 Å². The van der Waals surface area contributed by atoms with Crippen LogP contribution >= 0.6 is 0 Å². The van der Waals surface area contributed by atoms with E-state index in [1.54, 1.807) is 36.1 Å². The third-order valence-electron chi connectivity index (χ3n) is 5.57. The zero-order valence-electron chi connectivity index (χ0n) is 18.3. The molecule has 2 aromatic carbocycles. The standard InChI is InChI=1S/C23H24FN3O5S/c1-16-3-9-20(10-4-16)33(29,30)27-13-11-26(12-14-27)23(28)22-21(17(2)32-25-22)15-31-19-7-5-18(24)6-8-19/h3-10H,11-15H2,1-2H3. The van der Waals surface area contributed by atoms with Gasteiger partial charge >= 0.3 is 0 Å². The summed E-state index contributed by atoms with van der Waals surface area (Å²) in [6.07, 6.45) is 0. The van der Waals surface area contributed by atoms with E-state index in [1.807, 2.05) is 6.92 Å². The lowest BCUT2D eigenvalue weighted by Crippen LogP contribution is -2.50. The highest BCUT2D eigenvalue weighted by Crippen LogP contribution is 2.22. The van der Waals surface area contributed by atoms with Gasteiger partial charge in [-0.25, -0.2) is 12.8 Å². The second-order valence-electron chi connectivity index (χ2n) is 7.82. The van der Waals surface area contributed by atoms with E-state index < -0.39 is 10.0 Å². The molecular formula is C23H24FN3O5S. The molecule has 0 N–H and O–H groups in total. The summed E-state index contributed by atoms with van der Waals surface area (Å²) in [6, 6.07) is 12.3. The Labute approximate surface area is 191 Å². The number of benzene rings is 2. The molecule has 4 rings (SSSR count). The van der Waals surface area contributed by atoms with E-state index in [2.05, 4.69) is 5.16 Å². The number of aromatic nitrogens is 1. The summed E-state index contributed by atoms with van der Waals surface area (Å²) >= 11 is 0. The SMILES string of the molecule is Cc1ccc(S(=O)(=O)N2CCN(C(=O)c3noc(C)c3COc3ccc(F)cc3)CC2)cc1. The van der Waals surface area contributed by atoms with Gasteiger partial charge in [-0.3, -0.25) is 4.79 Å². The van der Waals surface area contributed by atoms with E-state index in [9.17, 15) is 17.6 Å². The lowest BCUT2D eigenvalue weighted by molar-refractivity contribution is 0.0685. The Morgan fingerprint density at radius 3 is 2.30 bits per heavy atom. The van der Waals surface area contributed by atoms with Gasteiger partial charge in [-0.15, -0.1) is 0 Å². The number of carbonyl (C=O) groups excluding carboxylic acids is 1. The number of aryl methyl sites for hydroxylation is 2. The van der Waals surface area contributed by atoms with Crippen LogP contribution < -0.4 is 4.74 Å². The average Bonchev–Trinajstić information content (AvgIpc) is 3.19. The van der Waals surface area contributed by atoms with Gasteiger partial charge in [0.05, 0.1) is 10.5 Å². The van der Waals surface area contributed by atoms with Crippen LogP contribution in [0.25, 0.3) is 0 Å². The number of sulfonamides is 1. The highest BCUT2D eigenvalue weighted by Gasteiger charge is 2.32. The van der Waals surface area contributed by atoms with E-state index in [1.165, 1.54) is 28.6 Å². The lowest BCUT2D eigenvalue weighted by atomic mass is 10.1. The van der Waals surface area contributed by atoms with Gasteiger partial charge in [0.25, 0.3) is 5.91 Å². The predicted molar refractivity (Wildman–Crippen MR) is 118 cm³/mol. The first-order chi connectivity index (χ1) is 15.8. The molecule has 2 heterocycles. The van der Waals surface area contributed by atoms with E-state index in [4.69, 9.17) is 9.26 Å². The maximum Gasteiger partial charge on any atom is 0.276 e. The van der Waals surface area contributed by atoms with Crippen LogP contribution in [0.2, 0.25) is 0 Å². The Kier molecular flexibility index (Phi) is 6.48. The number of amides is 1. The number of halogens is 1. The van der Waals surface area contributed by atoms with E-state index in [-0.39, 0.29) is 55.1 Å². The van der Waals surface area contributed by atoms with Crippen molar-refractivity contribution in [1.29, 1.82) is 0 Å². The molecule has 0 aliphatic carbocycles. The van der Waals surface area contributed by atoms with Gasteiger partial charge in [0.15, 0.2) is 5.69 Å². The molecule has 0 spiro atoms. The summed E-state index contributed by atoms with van der Waals surface area (Å²) in [7, 11) is -3.62. The van der Waals surface area contributed by atoms with Crippen molar-refractivity contribution in [2.75, 3.05) is 26.2 Å². The molecule has 0 atom stereocenters. The van der Waals surface area contributed by atoms with Crippen molar-refractivity contribution in [3.8, 4) is 5.75 Å². The molecule has 8 nitrogen and oxygen atoms in total. The number of ether oxygens (including phenoxy) is 1. The molecule has 0 unspecified atom stereocenters. The Bertz CT molecular complexity index is 1230. The van der Waals surface area contributed by atoms with Crippen molar-refractivity contribution in [2.45, 2.75) is 25.3 Å². The fraction of sp³-hybridized carbons (Fsp3) is 0.304. The Hall–Kier alpha value is -3.24. The summed E-state index contributed by atoms with van der Waals surface area (Å²) in [5.41, 5.74) is 1.61. The van der Waals surface area contributed by atoms with E-state index in [0.29, 0.717) is 17.1 Å². The predicted octanol–water partition coefficient (Wildman–Crippen LogP) is 3.16. The van der Waals surface area contributed by atoms with Gasteiger partial charge < -0.3 is 14.2 Å². The summed E-state index contributed by atoms with van der Waals surface area (Å²) in [4.78, 5) is 14.9. The molecule has 174 valence electrons. The Morgan fingerprint density at radius 2 is 1.67 bits per heavy atom. The first-order valence-corrected chi connectivity index (χ1v) is 11.9. The number of carbonyl (C=O) groups is 1. The summed E-state index contributed by atoms with van der Waals surface area (Å²) in [5.74, 6) is 0.172. The van der Waals surface area contributed by atoms with Crippen LogP contribution in [0.5, 0.6) is 5.75 Å². The molecule has 10 heteroatoms. The smallest absolute Gasteiger partial charge is 0.276 e. The minimum absolute atomic E-state index is 0.0316. The maximum atomic E-state index is 13.1. The first kappa shape index (κ1) is 22.9. The summed E-state index contributed by atoms with van der Waals surface area (Å²) < 4.78 is 51.1. The average molecular weight is 474 g/mol. The monoisotopic (exact) mass is 473 g/mol. The van der Waals surface area contributed by atoms with Crippen LogP contribution in [0, 0.1) is 19.7 Å². The van der Waals surface area contributed by atoms with Crippen LogP contribution in [0.4, 0.5) is 4.39 Å². The molecule has 3 aromatic rings. The first-order valence-electron chi connectivity index (χ1n) is 10.5. The van der Waals surface area contributed by atoms with Crippen molar-refractivity contribution in [3.05, 3.63) is 76.9 Å². The van der Waals surface area contributed by atoms with Gasteiger partial charge in [0, 0.05) is 26.2 Å². The Morgan fingerprint density at radius 1 is 1.03 bits per heavy atom. The van der Waals surface area contributed by atoms with Crippen LogP contribution in [-0.2, 0) is 16.6 Å². The topological polar surface area (TPSA) is 93.0 Å². The minimum atomic E-state index is -3.62. The van der Waals surface area contributed by atoms with Gasteiger partial charge in [-0.2, -0.15) is 4.31 Å². The van der Waals surface area contributed by atoms with Gasteiger partial charge in [0.2, 0.25) is 10.0 Å². The minimum Gasteiger partial charge on any atom is -0.489 e. The van der Waals surface area contributed by atoms with Gasteiger partial charge in [0.1, 0.15) is 23.9 Å². The normalized spacial score (nSPS) is 14.9. The second kappa shape index (κ2) is 9.32. The molecule has 33 heavy (non-hydrogen) atoms. The third-order valence-corrected chi connectivity index (χ3v) is 7.48. The molecule has 1 saturated heterocycles. The fourth-order valence-electron chi connectivity index (χ4n) is 3.56. The second-order valence-corrected chi connectivity index (χ2v) is 9.76. The van der Waals surface area contributed by atoms with Crippen molar-refractivity contribution in [2.24, 2.45) is 0 Å². The van der Waals surface area contributed by atoms with E-state index in [0.717, 1.165) is 5.56 Å². The molecule has 1 fully saturated rings. The highest BCUT2D eigenvalue weighted by atomic mass is 32.2. The van der Waals surface area contributed by atoms with Crippen molar-refractivity contribution in [3.63, 3.8) is 0 Å². The fourth-order valence-corrected chi connectivity index (χ4v) is 4.98. The van der Waals surface area contributed by atoms with Crippen LogP contribution in [0.1, 0.15) is 27.4 Å². The lowest BCUT2D eigenvalue weighted by Gasteiger charge is -2.33. The summed E-state index contributed by atoms with van der Waals surface area (Å²) in [6.45, 7) is 4.43. The number of piperazine rings is 1. The largest absolute Gasteiger partial charge is 0.489 e. The molecule has 1 amide bonds. The third kappa shape index (κ3) is 4.91. The molecule has 0 saturated carbocycles. The van der Waals surface area contributed by atoms with Crippen LogP contribution in [-0.4, -0.2) is 54.9 Å². The van der Waals surface area contributed by atoms with Gasteiger partial charge in [-0.1, -0.05) is 22.9 Å². The molecule has 0 radical (unpaired) electrons. The number of hydrogen-bond donors (Lipinski definition) is 0. The number of nitrogens with zero attached hydrogens (tertiary/aromatic N) is 3.